The minimum absolute atomic E-state index is 0.230. The third kappa shape index (κ3) is 2.91. The van der Waals surface area contributed by atoms with Crippen molar-refractivity contribution in [1.82, 2.24) is 5.32 Å². The highest BCUT2D eigenvalue weighted by molar-refractivity contribution is 5.78. The molecule has 1 heterocycles. The Morgan fingerprint density at radius 2 is 2.00 bits per heavy atom. The van der Waals surface area contributed by atoms with Crippen molar-refractivity contribution in [3.8, 4) is 0 Å². The molecule has 0 aromatic carbocycles. The van der Waals surface area contributed by atoms with Crippen LogP contribution in [0.15, 0.2) is 0 Å². The Balaban J connectivity index is 2.35. The van der Waals surface area contributed by atoms with Crippen molar-refractivity contribution >= 4 is 5.91 Å². The van der Waals surface area contributed by atoms with Crippen molar-refractivity contribution in [2.24, 2.45) is 5.92 Å². The molecular formula is C9H17NO. The van der Waals surface area contributed by atoms with Crippen LogP contribution in [-0.4, -0.2) is 12.5 Å². The smallest absolute Gasteiger partial charge is 0.222 e. The van der Waals surface area contributed by atoms with Gasteiger partial charge in [-0.25, -0.2) is 0 Å². The summed E-state index contributed by atoms with van der Waals surface area (Å²) in [6.45, 7) is 2.89. The second-order valence-corrected chi connectivity index (χ2v) is 3.39. The van der Waals surface area contributed by atoms with Gasteiger partial charge in [0.15, 0.2) is 0 Å². The summed E-state index contributed by atoms with van der Waals surface area (Å²) in [4.78, 5) is 11.2. The summed E-state index contributed by atoms with van der Waals surface area (Å²) in [6, 6.07) is 0. The first-order chi connectivity index (χ1) is 5.30. The lowest BCUT2D eigenvalue weighted by molar-refractivity contribution is -0.124. The SMILES string of the molecule is CC1CCCCCCNC1=O. The van der Waals surface area contributed by atoms with E-state index in [1.165, 1.54) is 19.3 Å². The van der Waals surface area contributed by atoms with Crippen molar-refractivity contribution < 1.29 is 4.79 Å². The van der Waals surface area contributed by atoms with Crippen molar-refractivity contribution in [2.75, 3.05) is 6.54 Å². The van der Waals surface area contributed by atoms with E-state index in [1.54, 1.807) is 0 Å². The lowest BCUT2D eigenvalue weighted by Gasteiger charge is -2.08. The highest BCUT2D eigenvalue weighted by Crippen LogP contribution is 2.12. The lowest BCUT2D eigenvalue weighted by atomic mass is 10.0. The Bertz CT molecular complexity index is 134. The molecular weight excluding hydrogens is 138 g/mol. The normalized spacial score (nSPS) is 28.1. The first kappa shape index (κ1) is 8.57. The maximum absolute atomic E-state index is 11.2. The van der Waals surface area contributed by atoms with Crippen LogP contribution < -0.4 is 5.32 Å². The van der Waals surface area contributed by atoms with Gasteiger partial charge in [-0.1, -0.05) is 26.2 Å². The first-order valence-electron chi connectivity index (χ1n) is 4.58. The Kier molecular flexibility index (Phi) is 3.40. The minimum atomic E-state index is 0.230. The number of nitrogens with one attached hydrogen (secondary N) is 1. The van der Waals surface area contributed by atoms with E-state index in [0.717, 1.165) is 19.4 Å². The van der Waals surface area contributed by atoms with Gasteiger partial charge in [-0.2, -0.15) is 0 Å². The maximum Gasteiger partial charge on any atom is 0.222 e. The molecule has 1 rings (SSSR count). The van der Waals surface area contributed by atoms with E-state index in [-0.39, 0.29) is 11.8 Å². The zero-order chi connectivity index (χ0) is 8.10. The molecule has 64 valence electrons. The molecule has 2 heteroatoms. The highest BCUT2D eigenvalue weighted by atomic mass is 16.1. The molecule has 2 nitrogen and oxygen atoms in total. The van der Waals surface area contributed by atoms with Crippen LogP contribution in [0.2, 0.25) is 0 Å². The number of carbonyl (C=O) groups excluding carboxylic acids is 1. The van der Waals surface area contributed by atoms with E-state index in [0.29, 0.717) is 0 Å². The predicted octanol–water partition coefficient (Wildman–Crippen LogP) is 1.70. The Morgan fingerprint density at radius 3 is 2.82 bits per heavy atom. The van der Waals surface area contributed by atoms with Crippen molar-refractivity contribution in [1.29, 1.82) is 0 Å². The number of carbonyl (C=O) groups is 1. The Morgan fingerprint density at radius 1 is 1.27 bits per heavy atom. The van der Waals surface area contributed by atoms with Crippen LogP contribution in [0.3, 0.4) is 0 Å². The summed E-state index contributed by atoms with van der Waals surface area (Å²) in [5.41, 5.74) is 0. The molecule has 0 saturated carbocycles. The Hall–Kier alpha value is -0.530. The van der Waals surface area contributed by atoms with Crippen LogP contribution in [0.25, 0.3) is 0 Å². The van der Waals surface area contributed by atoms with Gasteiger partial charge in [0, 0.05) is 12.5 Å². The molecule has 1 aliphatic rings. The van der Waals surface area contributed by atoms with E-state index in [9.17, 15) is 4.79 Å². The van der Waals surface area contributed by atoms with E-state index >= 15 is 0 Å². The van der Waals surface area contributed by atoms with E-state index in [1.807, 2.05) is 6.92 Å². The summed E-state index contributed by atoms with van der Waals surface area (Å²) in [5.74, 6) is 0.472. The number of rotatable bonds is 0. The molecule has 1 fully saturated rings. The molecule has 0 bridgehead atoms. The van der Waals surface area contributed by atoms with Gasteiger partial charge in [-0.05, 0) is 12.8 Å². The topological polar surface area (TPSA) is 29.1 Å². The second kappa shape index (κ2) is 4.37. The van der Waals surface area contributed by atoms with Gasteiger partial charge in [0.25, 0.3) is 0 Å². The highest BCUT2D eigenvalue weighted by Gasteiger charge is 2.12. The maximum atomic E-state index is 11.2. The van der Waals surface area contributed by atoms with Crippen molar-refractivity contribution in [3.63, 3.8) is 0 Å². The first-order valence-corrected chi connectivity index (χ1v) is 4.58. The molecule has 0 aromatic rings. The average Bonchev–Trinajstić information content (AvgIpc) is 2.07. The van der Waals surface area contributed by atoms with Crippen LogP contribution in [-0.2, 0) is 4.79 Å². The van der Waals surface area contributed by atoms with Gasteiger partial charge in [0.1, 0.15) is 0 Å². The molecule has 1 atom stereocenters. The molecule has 0 aliphatic carbocycles. The summed E-state index contributed by atoms with van der Waals surface area (Å²) < 4.78 is 0. The zero-order valence-corrected chi connectivity index (χ0v) is 7.23. The van der Waals surface area contributed by atoms with E-state index in [4.69, 9.17) is 0 Å². The third-order valence-corrected chi connectivity index (χ3v) is 2.31. The fraction of sp³-hybridized carbons (Fsp3) is 0.889. The minimum Gasteiger partial charge on any atom is -0.356 e. The molecule has 0 aromatic heterocycles. The third-order valence-electron chi connectivity index (χ3n) is 2.31. The molecule has 1 amide bonds. The summed E-state index contributed by atoms with van der Waals surface area (Å²) in [5, 5.41) is 2.94. The second-order valence-electron chi connectivity index (χ2n) is 3.39. The van der Waals surface area contributed by atoms with Crippen LogP contribution in [0.5, 0.6) is 0 Å². The molecule has 1 saturated heterocycles. The molecule has 1 unspecified atom stereocenters. The standard InChI is InChI=1S/C9H17NO/c1-8-6-4-2-3-5-7-10-9(8)11/h8H,2-7H2,1H3,(H,10,11). The van der Waals surface area contributed by atoms with Gasteiger partial charge < -0.3 is 5.32 Å². The Labute approximate surface area is 68.4 Å². The van der Waals surface area contributed by atoms with Crippen LogP contribution in [0.1, 0.15) is 39.0 Å². The summed E-state index contributed by atoms with van der Waals surface area (Å²) in [6.07, 6.45) is 5.99. The van der Waals surface area contributed by atoms with Crippen molar-refractivity contribution in [3.05, 3.63) is 0 Å². The molecule has 0 radical (unpaired) electrons. The van der Waals surface area contributed by atoms with Crippen LogP contribution in [0.4, 0.5) is 0 Å². The number of hydrogen-bond acceptors (Lipinski definition) is 1. The molecule has 1 N–H and O–H groups in total. The van der Waals surface area contributed by atoms with E-state index < -0.39 is 0 Å². The average molecular weight is 155 g/mol. The van der Waals surface area contributed by atoms with E-state index in [2.05, 4.69) is 5.32 Å². The molecule has 1 aliphatic heterocycles. The monoisotopic (exact) mass is 155 g/mol. The number of amides is 1. The summed E-state index contributed by atoms with van der Waals surface area (Å²) in [7, 11) is 0. The molecule has 11 heavy (non-hydrogen) atoms. The van der Waals surface area contributed by atoms with Gasteiger partial charge >= 0.3 is 0 Å². The van der Waals surface area contributed by atoms with Gasteiger partial charge in [-0.15, -0.1) is 0 Å². The zero-order valence-electron chi connectivity index (χ0n) is 7.23. The van der Waals surface area contributed by atoms with Gasteiger partial charge in [-0.3, -0.25) is 4.79 Å². The van der Waals surface area contributed by atoms with Gasteiger partial charge in [0.05, 0.1) is 0 Å². The fourth-order valence-electron chi connectivity index (χ4n) is 1.45. The number of hydrogen-bond donors (Lipinski definition) is 1. The van der Waals surface area contributed by atoms with Gasteiger partial charge in [0.2, 0.25) is 5.91 Å². The molecule has 0 spiro atoms. The largest absolute Gasteiger partial charge is 0.356 e. The van der Waals surface area contributed by atoms with Crippen molar-refractivity contribution in [2.45, 2.75) is 39.0 Å². The summed E-state index contributed by atoms with van der Waals surface area (Å²) >= 11 is 0. The van der Waals surface area contributed by atoms with Crippen LogP contribution >= 0.6 is 0 Å². The van der Waals surface area contributed by atoms with Crippen LogP contribution in [0, 0.1) is 5.92 Å². The predicted molar refractivity (Wildman–Crippen MR) is 45.3 cm³/mol. The fourth-order valence-corrected chi connectivity index (χ4v) is 1.45. The quantitative estimate of drug-likeness (QED) is 0.567. The lowest BCUT2D eigenvalue weighted by Crippen LogP contribution is -2.29.